The van der Waals surface area contributed by atoms with Crippen molar-refractivity contribution >= 4 is 36.1 Å². The van der Waals surface area contributed by atoms with E-state index in [1.807, 2.05) is 28.8 Å². The number of thiol groups is 1. The highest BCUT2D eigenvalue weighted by Crippen LogP contribution is 2.29. The number of allylic oxidation sites excluding steroid dienone is 1. The average molecular weight is 490 g/mol. The molecule has 0 bridgehead atoms. The number of nitrogens with two attached hydrogens (primary N) is 2. The topological polar surface area (TPSA) is 93.4 Å². The fourth-order valence-corrected chi connectivity index (χ4v) is 3.85. The second-order valence-electron chi connectivity index (χ2n) is 8.35. The lowest BCUT2D eigenvalue weighted by Gasteiger charge is -2.14. The monoisotopic (exact) mass is 489 g/mol. The molecule has 1 amide bonds. The van der Waals surface area contributed by atoms with Gasteiger partial charge in [0.05, 0.1) is 6.54 Å². The molecule has 0 spiro atoms. The molecule has 2 unspecified atom stereocenters. The van der Waals surface area contributed by atoms with Gasteiger partial charge in [0, 0.05) is 23.5 Å². The van der Waals surface area contributed by atoms with Crippen LogP contribution in [-0.2, 0) is 15.3 Å². The fraction of sp³-hybridized carbons (Fsp3) is 0.360. The molecular weight excluding hydrogens is 458 g/mol. The van der Waals surface area contributed by atoms with Crippen LogP contribution in [0.1, 0.15) is 30.4 Å². The van der Waals surface area contributed by atoms with Crippen molar-refractivity contribution in [1.29, 1.82) is 0 Å². The Morgan fingerprint density at radius 1 is 1.24 bits per heavy atom. The van der Waals surface area contributed by atoms with E-state index in [2.05, 4.69) is 17.9 Å². The maximum atomic E-state index is 13.5. The van der Waals surface area contributed by atoms with E-state index in [-0.39, 0.29) is 18.3 Å². The minimum absolute atomic E-state index is 0.134. The number of carbonyl (C=O) groups is 1. The van der Waals surface area contributed by atoms with Gasteiger partial charge in [0.15, 0.2) is 6.54 Å². The van der Waals surface area contributed by atoms with E-state index >= 15 is 0 Å². The van der Waals surface area contributed by atoms with Gasteiger partial charge in [-0.15, -0.1) is 0 Å². The Hall–Kier alpha value is -2.91. The third kappa shape index (κ3) is 7.56. The Morgan fingerprint density at radius 2 is 1.97 bits per heavy atom. The van der Waals surface area contributed by atoms with Gasteiger partial charge in [-0.05, 0) is 61.2 Å². The van der Waals surface area contributed by atoms with Crippen LogP contribution in [0.2, 0.25) is 0 Å². The SMILES string of the molecule is Cc1cc(F)cc(NC(=O)/C(OC2CCC(F)C2)=C2C=[N+]\2CCN)c1.Nc1ccc(CS)cc1. The molecule has 0 saturated heterocycles. The number of nitrogens with zero attached hydrogens (tertiary/aromatic N) is 1. The maximum absolute atomic E-state index is 13.5. The molecule has 0 aromatic heterocycles. The molecule has 4 rings (SSSR count). The standard InChI is InChI=1S/C18H21F2N3O2.C7H9NS/c1-11-6-13(20)8-14(7-11)22-18(24)17(16-10-23(16)5-4-21)25-15-3-2-12(19)9-15;8-7-3-1-6(5-9)2-4-7/h6-8,10,12,15H,2-5,9,21H2,1H3;1-4,9H,5,8H2/p+1/b17-16-;. The van der Waals surface area contributed by atoms with Gasteiger partial charge < -0.3 is 21.5 Å². The number of ether oxygens (including phenoxy) is 1. The summed E-state index contributed by atoms with van der Waals surface area (Å²) in [7, 11) is 0. The summed E-state index contributed by atoms with van der Waals surface area (Å²) >= 11 is 4.10. The molecule has 34 heavy (non-hydrogen) atoms. The first kappa shape index (κ1) is 25.7. The van der Waals surface area contributed by atoms with Crippen LogP contribution in [-0.4, -0.2) is 42.1 Å². The first-order chi connectivity index (χ1) is 16.3. The molecule has 1 aliphatic carbocycles. The molecule has 182 valence electrons. The molecule has 6 nitrogen and oxygen atoms in total. The molecule has 0 radical (unpaired) electrons. The number of aryl methyl sites for hydroxylation is 1. The van der Waals surface area contributed by atoms with Crippen molar-refractivity contribution in [3.63, 3.8) is 0 Å². The highest BCUT2D eigenvalue weighted by molar-refractivity contribution is 7.79. The summed E-state index contributed by atoms with van der Waals surface area (Å²) in [5.74, 6) is 0.0112. The number of alkyl halides is 1. The Morgan fingerprint density at radius 3 is 2.56 bits per heavy atom. The Kier molecular flexibility index (Phi) is 9.06. The number of nitrogens with one attached hydrogen (secondary N) is 1. The molecule has 2 aromatic carbocycles. The summed E-state index contributed by atoms with van der Waals surface area (Å²) in [6.07, 6.45) is 1.83. The molecule has 1 heterocycles. The maximum Gasteiger partial charge on any atom is 0.317 e. The van der Waals surface area contributed by atoms with Gasteiger partial charge in [-0.2, -0.15) is 17.2 Å². The number of rotatable bonds is 7. The number of anilines is 2. The Balaban J connectivity index is 0.000000302. The van der Waals surface area contributed by atoms with Gasteiger partial charge in [0.2, 0.25) is 6.21 Å². The predicted molar refractivity (Wildman–Crippen MR) is 134 cm³/mol. The van der Waals surface area contributed by atoms with E-state index in [4.69, 9.17) is 16.2 Å². The third-order valence-corrected chi connectivity index (χ3v) is 5.76. The summed E-state index contributed by atoms with van der Waals surface area (Å²) in [6.45, 7) is 2.76. The second-order valence-corrected chi connectivity index (χ2v) is 8.66. The van der Waals surface area contributed by atoms with Crippen LogP contribution in [0.4, 0.5) is 20.2 Å². The summed E-state index contributed by atoms with van der Waals surface area (Å²) < 4.78 is 34.5. The van der Waals surface area contributed by atoms with Crippen LogP contribution >= 0.6 is 12.6 Å². The molecule has 2 atom stereocenters. The molecule has 2 aliphatic rings. The highest BCUT2D eigenvalue weighted by atomic mass is 32.1. The average Bonchev–Trinajstić information content (AvgIpc) is 3.42. The normalized spacial score (nSPS) is 20.1. The van der Waals surface area contributed by atoms with E-state index in [0.29, 0.717) is 42.9 Å². The van der Waals surface area contributed by atoms with Crippen LogP contribution in [0.3, 0.4) is 0 Å². The number of carbonyl (C=O) groups excluding carboxylic acids is 1. The van der Waals surface area contributed by atoms with Crippen molar-refractivity contribution < 1.29 is 22.9 Å². The van der Waals surface area contributed by atoms with E-state index < -0.39 is 17.9 Å². The van der Waals surface area contributed by atoms with Gasteiger partial charge in [-0.3, -0.25) is 4.79 Å². The number of hydrogen-bond acceptors (Lipinski definition) is 5. The Labute approximate surface area is 204 Å². The Bertz CT molecular complexity index is 1050. The van der Waals surface area contributed by atoms with Crippen molar-refractivity contribution in [2.24, 2.45) is 5.73 Å². The smallest absolute Gasteiger partial charge is 0.317 e. The molecule has 1 fully saturated rings. The van der Waals surface area contributed by atoms with E-state index in [1.54, 1.807) is 19.2 Å². The number of amides is 1. The minimum atomic E-state index is -0.895. The molecule has 2 aromatic rings. The van der Waals surface area contributed by atoms with E-state index in [1.165, 1.54) is 17.7 Å². The zero-order valence-corrected chi connectivity index (χ0v) is 20.0. The van der Waals surface area contributed by atoms with Gasteiger partial charge in [-0.25, -0.2) is 8.78 Å². The lowest BCUT2D eigenvalue weighted by molar-refractivity contribution is -0.402. The van der Waals surface area contributed by atoms with Gasteiger partial charge in [0.1, 0.15) is 18.1 Å². The highest BCUT2D eigenvalue weighted by Gasteiger charge is 2.39. The van der Waals surface area contributed by atoms with Crippen molar-refractivity contribution in [2.45, 2.75) is 44.2 Å². The third-order valence-electron chi connectivity index (χ3n) is 5.40. The number of halogens is 2. The first-order valence-electron chi connectivity index (χ1n) is 11.2. The predicted octanol–water partition coefficient (Wildman–Crippen LogP) is 3.95. The summed E-state index contributed by atoms with van der Waals surface area (Å²) in [5.41, 5.74) is 14.7. The summed E-state index contributed by atoms with van der Waals surface area (Å²) in [4.78, 5) is 12.6. The molecular formula is C25H31F2N4O2S+. The van der Waals surface area contributed by atoms with Gasteiger partial charge >= 0.3 is 5.70 Å². The minimum Gasteiger partial charge on any atom is -0.480 e. The van der Waals surface area contributed by atoms with Gasteiger partial charge in [0.25, 0.3) is 11.7 Å². The lowest BCUT2D eigenvalue weighted by Crippen LogP contribution is -2.22. The van der Waals surface area contributed by atoms with Crippen LogP contribution in [0.15, 0.2) is 53.9 Å². The zero-order chi connectivity index (χ0) is 24.7. The fourth-order valence-electron chi connectivity index (χ4n) is 3.64. The first-order valence-corrected chi connectivity index (χ1v) is 11.8. The molecule has 9 heteroatoms. The van der Waals surface area contributed by atoms with Crippen molar-refractivity contribution in [2.75, 3.05) is 24.1 Å². The summed E-state index contributed by atoms with van der Waals surface area (Å²) in [6, 6.07) is 12.0. The van der Waals surface area contributed by atoms with Crippen LogP contribution in [0.25, 0.3) is 0 Å². The zero-order valence-electron chi connectivity index (χ0n) is 19.1. The number of hydrogen-bond donors (Lipinski definition) is 4. The van der Waals surface area contributed by atoms with Crippen molar-refractivity contribution in [1.82, 2.24) is 0 Å². The second kappa shape index (κ2) is 12.0. The summed E-state index contributed by atoms with van der Waals surface area (Å²) in [5, 5.41) is 2.66. The van der Waals surface area contributed by atoms with Crippen molar-refractivity contribution in [3.8, 4) is 0 Å². The molecule has 5 N–H and O–H groups in total. The quantitative estimate of drug-likeness (QED) is 0.156. The van der Waals surface area contributed by atoms with E-state index in [0.717, 1.165) is 11.4 Å². The molecule has 1 saturated carbocycles. The lowest BCUT2D eigenvalue weighted by atomic mass is 10.2. The van der Waals surface area contributed by atoms with E-state index in [9.17, 15) is 13.6 Å². The number of benzene rings is 2. The van der Waals surface area contributed by atoms with Crippen molar-refractivity contribution in [3.05, 3.63) is 70.9 Å². The number of nitrogen functional groups attached to an aromatic ring is 1. The van der Waals surface area contributed by atoms with Crippen LogP contribution < -0.4 is 16.8 Å². The van der Waals surface area contributed by atoms with Crippen LogP contribution in [0.5, 0.6) is 0 Å². The molecule has 1 aliphatic heterocycles. The van der Waals surface area contributed by atoms with Crippen LogP contribution in [0, 0.1) is 12.7 Å². The largest absolute Gasteiger partial charge is 0.480 e. The van der Waals surface area contributed by atoms with Gasteiger partial charge in [-0.1, -0.05) is 12.1 Å².